The largest absolute Gasteiger partial charge is 0.453 e. The quantitative estimate of drug-likeness (QED) is 0.496. The smallest absolute Gasteiger partial charge is 0.185 e. The molecule has 0 aliphatic rings. The van der Waals surface area contributed by atoms with Crippen LogP contribution in [0.3, 0.4) is 0 Å². The van der Waals surface area contributed by atoms with Crippen LogP contribution < -0.4 is 0 Å². The number of thiazole rings is 1. The first-order chi connectivity index (χ1) is 11.8. The van der Waals surface area contributed by atoms with Gasteiger partial charge >= 0.3 is 0 Å². The van der Waals surface area contributed by atoms with Crippen molar-refractivity contribution in [3.63, 3.8) is 0 Å². The van der Waals surface area contributed by atoms with E-state index in [0.29, 0.717) is 17.8 Å². The van der Waals surface area contributed by atoms with E-state index in [1.807, 2.05) is 41.8 Å². The number of aldehydes is 1. The number of carbonyl (C=O) groups excluding carboxylic acids is 1. The maximum atomic E-state index is 10.8. The van der Waals surface area contributed by atoms with E-state index in [9.17, 15) is 4.79 Å². The van der Waals surface area contributed by atoms with Crippen LogP contribution in [0, 0.1) is 0 Å². The third-order valence-electron chi connectivity index (χ3n) is 3.62. The SMILES string of the molecule is O=Cc1ccc(-c2cccc(-c3nc(-c4ccncc4)cs3)c2)o1. The zero-order chi connectivity index (χ0) is 16.4. The normalized spacial score (nSPS) is 10.7. The first kappa shape index (κ1) is 14.5. The molecule has 4 rings (SSSR count). The predicted octanol–water partition coefficient (Wildman–Crippen LogP) is 4.94. The molecular weight excluding hydrogens is 320 g/mol. The molecule has 0 spiro atoms. The lowest BCUT2D eigenvalue weighted by Gasteiger charge is -2.01. The van der Waals surface area contributed by atoms with E-state index in [0.717, 1.165) is 27.4 Å². The highest BCUT2D eigenvalue weighted by atomic mass is 32.1. The van der Waals surface area contributed by atoms with Gasteiger partial charge < -0.3 is 4.42 Å². The van der Waals surface area contributed by atoms with Crippen LogP contribution in [0.25, 0.3) is 33.2 Å². The van der Waals surface area contributed by atoms with Gasteiger partial charge in [0.15, 0.2) is 12.0 Å². The second-order valence-corrected chi connectivity index (χ2v) is 6.03. The summed E-state index contributed by atoms with van der Waals surface area (Å²) in [6.45, 7) is 0. The van der Waals surface area contributed by atoms with E-state index in [1.54, 1.807) is 35.9 Å². The Balaban J connectivity index is 1.69. The Bertz CT molecular complexity index is 989. The summed E-state index contributed by atoms with van der Waals surface area (Å²) >= 11 is 1.59. The molecule has 0 aliphatic heterocycles. The molecule has 0 radical (unpaired) electrons. The molecule has 4 aromatic rings. The lowest BCUT2D eigenvalue weighted by Crippen LogP contribution is -1.81. The molecule has 24 heavy (non-hydrogen) atoms. The maximum Gasteiger partial charge on any atom is 0.185 e. The first-order valence-corrected chi connectivity index (χ1v) is 8.23. The molecule has 0 amide bonds. The second kappa shape index (κ2) is 6.22. The van der Waals surface area contributed by atoms with Gasteiger partial charge in [0.1, 0.15) is 10.8 Å². The number of nitrogens with zero attached hydrogens (tertiary/aromatic N) is 2. The van der Waals surface area contributed by atoms with E-state index in [2.05, 4.69) is 4.98 Å². The molecule has 0 unspecified atom stereocenters. The van der Waals surface area contributed by atoms with Crippen LogP contribution in [0.4, 0.5) is 0 Å². The summed E-state index contributed by atoms with van der Waals surface area (Å²) in [5, 5.41) is 2.97. The molecule has 3 aromatic heterocycles. The Labute approximate surface area is 142 Å². The van der Waals surface area contributed by atoms with Gasteiger partial charge in [-0.2, -0.15) is 0 Å². The Hall–Kier alpha value is -3.05. The van der Waals surface area contributed by atoms with E-state index < -0.39 is 0 Å². The van der Waals surface area contributed by atoms with E-state index in [4.69, 9.17) is 9.40 Å². The van der Waals surface area contributed by atoms with Gasteiger partial charge in [0.05, 0.1) is 5.69 Å². The van der Waals surface area contributed by atoms with Crippen LogP contribution in [-0.4, -0.2) is 16.3 Å². The monoisotopic (exact) mass is 332 g/mol. The lowest BCUT2D eigenvalue weighted by atomic mass is 10.1. The minimum Gasteiger partial charge on any atom is -0.453 e. The predicted molar refractivity (Wildman–Crippen MR) is 93.9 cm³/mol. The van der Waals surface area contributed by atoms with Gasteiger partial charge in [0.2, 0.25) is 0 Å². The average Bonchev–Trinajstić information content (AvgIpc) is 3.32. The molecule has 4 nitrogen and oxygen atoms in total. The van der Waals surface area contributed by atoms with Crippen LogP contribution in [0.2, 0.25) is 0 Å². The molecule has 0 saturated carbocycles. The maximum absolute atomic E-state index is 10.8. The van der Waals surface area contributed by atoms with Gasteiger partial charge in [-0.05, 0) is 30.3 Å². The minimum atomic E-state index is 0.324. The van der Waals surface area contributed by atoms with Gasteiger partial charge in [0.25, 0.3) is 0 Å². The minimum absolute atomic E-state index is 0.324. The molecule has 0 aliphatic carbocycles. The zero-order valence-electron chi connectivity index (χ0n) is 12.5. The third-order valence-corrected chi connectivity index (χ3v) is 4.51. The number of pyridine rings is 1. The van der Waals surface area contributed by atoms with E-state index >= 15 is 0 Å². The topological polar surface area (TPSA) is 56.0 Å². The highest BCUT2D eigenvalue weighted by Gasteiger charge is 2.09. The summed E-state index contributed by atoms with van der Waals surface area (Å²) in [5.74, 6) is 0.995. The first-order valence-electron chi connectivity index (χ1n) is 7.35. The molecule has 5 heteroatoms. The molecule has 3 heterocycles. The van der Waals surface area contributed by atoms with Crippen molar-refractivity contribution in [1.82, 2.24) is 9.97 Å². The van der Waals surface area contributed by atoms with Gasteiger partial charge in [0, 0.05) is 34.5 Å². The second-order valence-electron chi connectivity index (χ2n) is 5.17. The fourth-order valence-corrected chi connectivity index (χ4v) is 3.26. The summed E-state index contributed by atoms with van der Waals surface area (Å²) in [6, 6.07) is 15.3. The van der Waals surface area contributed by atoms with Gasteiger partial charge in [-0.1, -0.05) is 18.2 Å². The highest BCUT2D eigenvalue weighted by molar-refractivity contribution is 7.13. The van der Waals surface area contributed by atoms with Crippen molar-refractivity contribution in [3.8, 4) is 33.2 Å². The molecule has 0 bridgehead atoms. The van der Waals surface area contributed by atoms with Crippen LogP contribution in [0.1, 0.15) is 10.6 Å². The number of benzene rings is 1. The number of furan rings is 1. The van der Waals surface area contributed by atoms with Gasteiger partial charge in [-0.3, -0.25) is 9.78 Å². The summed E-state index contributed by atoms with van der Waals surface area (Å²) in [5.41, 5.74) is 3.91. The standard InChI is InChI=1S/C19H12N2O2S/c22-11-16-4-5-18(23-16)14-2-1-3-15(10-14)19-21-17(12-24-19)13-6-8-20-9-7-13/h1-12H. The van der Waals surface area contributed by atoms with Crippen LogP contribution >= 0.6 is 11.3 Å². The van der Waals surface area contributed by atoms with Crippen molar-refractivity contribution in [1.29, 1.82) is 0 Å². The fourth-order valence-electron chi connectivity index (χ4n) is 2.44. The molecule has 1 aromatic carbocycles. The van der Waals surface area contributed by atoms with Crippen LogP contribution in [-0.2, 0) is 0 Å². The fraction of sp³-hybridized carbons (Fsp3) is 0. The highest BCUT2D eigenvalue weighted by Crippen LogP contribution is 2.31. The molecule has 0 saturated heterocycles. The number of rotatable bonds is 4. The summed E-state index contributed by atoms with van der Waals surface area (Å²) in [6.07, 6.45) is 4.22. The van der Waals surface area contributed by atoms with E-state index in [-0.39, 0.29) is 0 Å². The number of carbonyl (C=O) groups is 1. The van der Waals surface area contributed by atoms with E-state index in [1.165, 1.54) is 0 Å². The van der Waals surface area contributed by atoms with Crippen molar-refractivity contribution >= 4 is 17.6 Å². The van der Waals surface area contributed by atoms with Crippen molar-refractivity contribution in [2.75, 3.05) is 0 Å². The number of hydrogen-bond acceptors (Lipinski definition) is 5. The Morgan fingerprint density at radius 3 is 2.58 bits per heavy atom. The Morgan fingerprint density at radius 1 is 0.958 bits per heavy atom. The Kier molecular flexibility index (Phi) is 3.76. The molecule has 0 fully saturated rings. The van der Waals surface area contributed by atoms with Crippen molar-refractivity contribution in [2.24, 2.45) is 0 Å². The molecular formula is C19H12N2O2S. The Morgan fingerprint density at radius 2 is 1.79 bits per heavy atom. The molecule has 116 valence electrons. The van der Waals surface area contributed by atoms with Crippen LogP contribution in [0.15, 0.2) is 70.7 Å². The number of aromatic nitrogens is 2. The molecule has 0 N–H and O–H groups in total. The lowest BCUT2D eigenvalue weighted by molar-refractivity contribution is 0.110. The molecule has 0 atom stereocenters. The zero-order valence-corrected chi connectivity index (χ0v) is 13.4. The third kappa shape index (κ3) is 2.77. The van der Waals surface area contributed by atoms with Gasteiger partial charge in [-0.25, -0.2) is 4.98 Å². The van der Waals surface area contributed by atoms with Crippen molar-refractivity contribution < 1.29 is 9.21 Å². The van der Waals surface area contributed by atoms with Crippen molar-refractivity contribution in [2.45, 2.75) is 0 Å². The summed E-state index contributed by atoms with van der Waals surface area (Å²) < 4.78 is 5.49. The van der Waals surface area contributed by atoms with Crippen molar-refractivity contribution in [3.05, 3.63) is 72.1 Å². The van der Waals surface area contributed by atoms with Crippen LogP contribution in [0.5, 0.6) is 0 Å². The summed E-state index contributed by atoms with van der Waals surface area (Å²) in [7, 11) is 0. The van der Waals surface area contributed by atoms with Gasteiger partial charge in [-0.15, -0.1) is 11.3 Å². The number of hydrogen-bond donors (Lipinski definition) is 0. The summed E-state index contributed by atoms with van der Waals surface area (Å²) in [4.78, 5) is 19.5. The average molecular weight is 332 g/mol.